The molecule has 0 aromatic carbocycles. The van der Waals surface area contributed by atoms with Gasteiger partial charge < -0.3 is 4.57 Å². The number of hydrogen-bond acceptors (Lipinski definition) is 5. The van der Waals surface area contributed by atoms with Crippen LogP contribution in [-0.4, -0.2) is 41.4 Å². The summed E-state index contributed by atoms with van der Waals surface area (Å²) < 4.78 is 2.20. The van der Waals surface area contributed by atoms with Gasteiger partial charge in [0.1, 0.15) is 23.8 Å². The van der Waals surface area contributed by atoms with Crippen LogP contribution in [0, 0.1) is 0 Å². The molecule has 1 saturated carbocycles. The fourth-order valence-corrected chi connectivity index (χ4v) is 3.58. The smallest absolute Gasteiger partial charge is 0.146 e. The topological polar surface area (TPSA) is 75.5 Å². The second-order valence-electron chi connectivity index (χ2n) is 6.51. The standard InChI is InChI=1S/C15H23N7/c1-21-13(18-20-15(21)11-5-4-6-11)9-22-8-3-2-7-12(22)14-16-10-17-19-14/h10-12H,2-9H2,1H3,(H,16,17,19)/t12-/m1/s1. The number of aromatic amines is 1. The summed E-state index contributed by atoms with van der Waals surface area (Å²) >= 11 is 0. The van der Waals surface area contributed by atoms with Gasteiger partial charge in [0, 0.05) is 13.0 Å². The van der Waals surface area contributed by atoms with Crippen LogP contribution in [0.15, 0.2) is 6.33 Å². The first-order chi connectivity index (χ1) is 10.8. The molecule has 0 amide bonds. The number of likely N-dealkylation sites (tertiary alicyclic amines) is 1. The highest BCUT2D eigenvalue weighted by Gasteiger charge is 2.29. The van der Waals surface area contributed by atoms with Gasteiger partial charge in [-0.25, -0.2) is 4.98 Å². The van der Waals surface area contributed by atoms with Crippen molar-refractivity contribution in [2.24, 2.45) is 7.05 Å². The van der Waals surface area contributed by atoms with E-state index in [2.05, 4.69) is 41.9 Å². The van der Waals surface area contributed by atoms with E-state index in [4.69, 9.17) is 0 Å². The van der Waals surface area contributed by atoms with Crippen molar-refractivity contribution in [3.8, 4) is 0 Å². The molecule has 3 heterocycles. The van der Waals surface area contributed by atoms with E-state index in [1.165, 1.54) is 32.1 Å². The zero-order valence-corrected chi connectivity index (χ0v) is 13.1. The van der Waals surface area contributed by atoms with Crippen LogP contribution in [0.3, 0.4) is 0 Å². The van der Waals surface area contributed by atoms with E-state index >= 15 is 0 Å². The minimum atomic E-state index is 0.320. The molecule has 2 aliphatic rings. The lowest BCUT2D eigenvalue weighted by Gasteiger charge is -2.33. The Morgan fingerprint density at radius 2 is 2.09 bits per heavy atom. The third kappa shape index (κ3) is 2.43. The molecule has 1 aliphatic heterocycles. The van der Waals surface area contributed by atoms with Crippen LogP contribution in [0.2, 0.25) is 0 Å². The molecule has 2 fully saturated rings. The van der Waals surface area contributed by atoms with E-state index in [9.17, 15) is 0 Å². The molecule has 118 valence electrons. The molecule has 22 heavy (non-hydrogen) atoms. The number of nitrogens with one attached hydrogen (secondary N) is 1. The van der Waals surface area contributed by atoms with E-state index in [1.807, 2.05) is 0 Å². The highest BCUT2D eigenvalue weighted by molar-refractivity contribution is 5.05. The average molecular weight is 301 g/mol. The van der Waals surface area contributed by atoms with Crippen LogP contribution in [0.5, 0.6) is 0 Å². The van der Waals surface area contributed by atoms with Crippen LogP contribution < -0.4 is 0 Å². The molecule has 0 radical (unpaired) electrons. The van der Waals surface area contributed by atoms with Crippen LogP contribution in [-0.2, 0) is 13.6 Å². The maximum absolute atomic E-state index is 4.45. The zero-order valence-electron chi connectivity index (χ0n) is 13.1. The highest BCUT2D eigenvalue weighted by Crippen LogP contribution is 2.35. The number of rotatable bonds is 4. The first kappa shape index (κ1) is 13.9. The number of H-pyrrole nitrogens is 1. The molecule has 1 aliphatic carbocycles. The highest BCUT2D eigenvalue weighted by atomic mass is 15.3. The fraction of sp³-hybridized carbons (Fsp3) is 0.733. The summed E-state index contributed by atoms with van der Waals surface area (Å²) in [7, 11) is 2.11. The number of nitrogens with zero attached hydrogens (tertiary/aromatic N) is 6. The maximum atomic E-state index is 4.45. The van der Waals surface area contributed by atoms with Crippen LogP contribution in [0.4, 0.5) is 0 Å². The van der Waals surface area contributed by atoms with Crippen molar-refractivity contribution in [2.75, 3.05) is 6.54 Å². The van der Waals surface area contributed by atoms with E-state index in [-0.39, 0.29) is 0 Å². The van der Waals surface area contributed by atoms with Crippen LogP contribution in [0.1, 0.15) is 68.0 Å². The lowest BCUT2D eigenvalue weighted by molar-refractivity contribution is 0.129. The predicted molar refractivity (Wildman–Crippen MR) is 81.0 cm³/mol. The Hall–Kier alpha value is -1.76. The summed E-state index contributed by atoms with van der Waals surface area (Å²) in [5.41, 5.74) is 0. The fourth-order valence-electron chi connectivity index (χ4n) is 3.58. The molecule has 7 nitrogen and oxygen atoms in total. The van der Waals surface area contributed by atoms with E-state index in [1.54, 1.807) is 6.33 Å². The Balaban J connectivity index is 1.52. The van der Waals surface area contributed by atoms with Crippen molar-refractivity contribution in [2.45, 2.75) is 57.0 Å². The number of piperidine rings is 1. The molecular formula is C15H23N7. The van der Waals surface area contributed by atoms with Crippen molar-refractivity contribution in [3.63, 3.8) is 0 Å². The normalized spacial score (nSPS) is 23.6. The molecular weight excluding hydrogens is 278 g/mol. The molecule has 0 spiro atoms. The third-order valence-electron chi connectivity index (χ3n) is 5.18. The van der Waals surface area contributed by atoms with Crippen LogP contribution in [0.25, 0.3) is 0 Å². The van der Waals surface area contributed by atoms with Gasteiger partial charge in [0.05, 0.1) is 12.6 Å². The summed E-state index contributed by atoms with van der Waals surface area (Å²) in [6.07, 6.45) is 9.05. The SMILES string of the molecule is Cn1c(CN2CCCC[C@@H]2c2ncn[nH]2)nnc1C1CCC1. The zero-order chi connectivity index (χ0) is 14.9. The Morgan fingerprint density at radius 3 is 2.82 bits per heavy atom. The maximum Gasteiger partial charge on any atom is 0.146 e. The lowest BCUT2D eigenvalue weighted by Crippen LogP contribution is -2.34. The lowest BCUT2D eigenvalue weighted by atomic mass is 9.85. The third-order valence-corrected chi connectivity index (χ3v) is 5.18. The quantitative estimate of drug-likeness (QED) is 0.934. The molecule has 2 aromatic heterocycles. The van der Waals surface area contributed by atoms with Crippen molar-refractivity contribution < 1.29 is 0 Å². The summed E-state index contributed by atoms with van der Waals surface area (Å²) in [5, 5.41) is 15.9. The largest absolute Gasteiger partial charge is 0.317 e. The first-order valence-electron chi connectivity index (χ1n) is 8.30. The molecule has 1 atom stereocenters. The van der Waals surface area contributed by atoms with Crippen LogP contribution >= 0.6 is 0 Å². The van der Waals surface area contributed by atoms with Gasteiger partial charge in [0.15, 0.2) is 0 Å². The summed E-state index contributed by atoms with van der Waals surface area (Å²) in [4.78, 5) is 6.82. The molecule has 2 aromatic rings. The minimum Gasteiger partial charge on any atom is -0.317 e. The van der Waals surface area contributed by atoms with Gasteiger partial charge in [0.25, 0.3) is 0 Å². The molecule has 1 N–H and O–H groups in total. The van der Waals surface area contributed by atoms with Gasteiger partial charge in [-0.2, -0.15) is 5.10 Å². The Labute approximate surface area is 130 Å². The first-order valence-corrected chi connectivity index (χ1v) is 8.30. The van der Waals surface area contributed by atoms with Gasteiger partial charge in [-0.3, -0.25) is 10.00 Å². The predicted octanol–water partition coefficient (Wildman–Crippen LogP) is 1.93. The van der Waals surface area contributed by atoms with E-state index < -0.39 is 0 Å². The number of aromatic nitrogens is 6. The number of hydrogen-bond donors (Lipinski definition) is 1. The van der Waals surface area contributed by atoms with Gasteiger partial charge in [-0.1, -0.05) is 12.8 Å². The Kier molecular flexibility index (Phi) is 3.65. The van der Waals surface area contributed by atoms with Crippen molar-refractivity contribution >= 4 is 0 Å². The molecule has 1 saturated heterocycles. The second kappa shape index (κ2) is 5.79. The van der Waals surface area contributed by atoms with Crippen molar-refractivity contribution in [1.29, 1.82) is 0 Å². The molecule has 7 heteroatoms. The van der Waals surface area contributed by atoms with Gasteiger partial charge in [-0.15, -0.1) is 10.2 Å². The monoisotopic (exact) mass is 301 g/mol. The summed E-state index contributed by atoms with van der Waals surface area (Å²) in [5.74, 6) is 3.82. The second-order valence-corrected chi connectivity index (χ2v) is 6.51. The molecule has 0 bridgehead atoms. The van der Waals surface area contributed by atoms with Crippen molar-refractivity contribution in [1.82, 2.24) is 34.8 Å². The Bertz CT molecular complexity index is 614. The molecule has 0 unspecified atom stereocenters. The van der Waals surface area contributed by atoms with Gasteiger partial charge in [0.2, 0.25) is 0 Å². The van der Waals surface area contributed by atoms with Gasteiger partial charge in [-0.05, 0) is 32.2 Å². The average Bonchev–Trinajstić information content (AvgIpc) is 3.11. The van der Waals surface area contributed by atoms with Crippen molar-refractivity contribution in [3.05, 3.63) is 23.8 Å². The summed E-state index contributed by atoms with van der Waals surface area (Å²) in [6, 6.07) is 0.320. The van der Waals surface area contributed by atoms with Gasteiger partial charge >= 0.3 is 0 Å². The minimum absolute atomic E-state index is 0.320. The van der Waals surface area contributed by atoms with E-state index in [0.717, 1.165) is 37.0 Å². The van der Waals surface area contributed by atoms with E-state index in [0.29, 0.717) is 12.0 Å². The summed E-state index contributed by atoms with van der Waals surface area (Å²) in [6.45, 7) is 1.92. The Morgan fingerprint density at radius 1 is 1.18 bits per heavy atom. The molecule has 4 rings (SSSR count).